The predicted molar refractivity (Wildman–Crippen MR) is 105 cm³/mol. The van der Waals surface area contributed by atoms with Crippen LogP contribution in [0.4, 0.5) is 0 Å². The zero-order chi connectivity index (χ0) is 19.0. The van der Waals surface area contributed by atoms with E-state index in [9.17, 15) is 4.79 Å². The average Bonchev–Trinajstić information content (AvgIpc) is 3.44. The topological polar surface area (TPSA) is 43.7 Å². The lowest BCUT2D eigenvalue weighted by molar-refractivity contribution is 0.0747. The molecule has 0 unspecified atom stereocenters. The maximum Gasteiger partial charge on any atom is 0.255 e. The first-order chi connectivity index (χ1) is 13.1. The second-order valence-corrected chi connectivity index (χ2v) is 7.64. The Morgan fingerprint density at radius 2 is 1.89 bits per heavy atom. The zero-order valence-electron chi connectivity index (χ0n) is 16.5. The Bertz CT molecular complexity index is 851. The number of benzene rings is 1. The fourth-order valence-electron chi connectivity index (χ4n) is 3.88. The van der Waals surface area contributed by atoms with Crippen molar-refractivity contribution in [2.24, 2.45) is 5.92 Å². The van der Waals surface area contributed by atoms with Gasteiger partial charge in [0.05, 0.1) is 5.56 Å². The quantitative estimate of drug-likeness (QED) is 0.770. The molecule has 5 heteroatoms. The molecule has 0 N–H and O–H groups in total. The molecule has 0 atom stereocenters. The van der Waals surface area contributed by atoms with Crippen molar-refractivity contribution < 1.29 is 14.3 Å². The van der Waals surface area contributed by atoms with Crippen LogP contribution < -0.4 is 9.47 Å². The molecule has 2 aromatic rings. The van der Waals surface area contributed by atoms with Crippen molar-refractivity contribution in [2.75, 3.05) is 26.3 Å². The SMILES string of the molecule is CCCN(CC1CC1)C(=O)c1cc(C)n(-c2ccc3c(c2)OCCO3)c1C. The van der Waals surface area contributed by atoms with Gasteiger partial charge >= 0.3 is 0 Å². The number of hydrogen-bond acceptors (Lipinski definition) is 3. The molecule has 0 spiro atoms. The predicted octanol–water partition coefficient (Wildman–Crippen LogP) is 4.13. The molecule has 2 aliphatic rings. The van der Waals surface area contributed by atoms with E-state index < -0.39 is 0 Å². The van der Waals surface area contributed by atoms with Gasteiger partial charge in [-0.15, -0.1) is 0 Å². The van der Waals surface area contributed by atoms with E-state index >= 15 is 0 Å². The third-order valence-corrected chi connectivity index (χ3v) is 5.40. The van der Waals surface area contributed by atoms with Gasteiger partial charge in [-0.2, -0.15) is 0 Å². The standard InChI is InChI=1S/C22H28N2O3/c1-4-9-23(14-17-5-6-17)22(25)19-12-15(2)24(16(19)3)18-7-8-20-21(13-18)27-11-10-26-20/h7-8,12-13,17H,4-6,9-11,14H2,1-3H3. The maximum atomic E-state index is 13.2. The van der Waals surface area contributed by atoms with Crippen LogP contribution in [0.5, 0.6) is 11.5 Å². The van der Waals surface area contributed by atoms with Crippen molar-refractivity contribution >= 4 is 5.91 Å². The van der Waals surface area contributed by atoms with Crippen molar-refractivity contribution in [2.45, 2.75) is 40.0 Å². The van der Waals surface area contributed by atoms with Crippen molar-refractivity contribution in [3.8, 4) is 17.2 Å². The Morgan fingerprint density at radius 1 is 1.15 bits per heavy atom. The summed E-state index contributed by atoms with van der Waals surface area (Å²) in [7, 11) is 0. The molecule has 1 saturated carbocycles. The highest BCUT2D eigenvalue weighted by atomic mass is 16.6. The van der Waals surface area contributed by atoms with Crippen LogP contribution in [0.3, 0.4) is 0 Å². The van der Waals surface area contributed by atoms with E-state index in [1.807, 2.05) is 43.0 Å². The van der Waals surface area contributed by atoms with Crippen LogP contribution in [0.25, 0.3) is 5.69 Å². The molecule has 0 saturated heterocycles. The minimum absolute atomic E-state index is 0.153. The van der Waals surface area contributed by atoms with Crippen LogP contribution in [0.15, 0.2) is 24.3 Å². The molecule has 144 valence electrons. The Hall–Kier alpha value is -2.43. The van der Waals surface area contributed by atoms with Gasteiger partial charge in [0.15, 0.2) is 11.5 Å². The van der Waals surface area contributed by atoms with Crippen LogP contribution in [0.2, 0.25) is 0 Å². The first kappa shape index (κ1) is 18.0. The lowest BCUT2D eigenvalue weighted by Gasteiger charge is -2.22. The molecule has 1 aromatic carbocycles. The highest BCUT2D eigenvalue weighted by molar-refractivity contribution is 5.96. The van der Waals surface area contributed by atoms with E-state index in [0.29, 0.717) is 19.1 Å². The van der Waals surface area contributed by atoms with Crippen LogP contribution in [-0.2, 0) is 0 Å². The summed E-state index contributed by atoms with van der Waals surface area (Å²) in [6, 6.07) is 7.98. The molecule has 0 radical (unpaired) electrons. The molecule has 5 nitrogen and oxygen atoms in total. The number of hydrogen-bond donors (Lipinski definition) is 0. The van der Waals surface area contributed by atoms with Gasteiger partial charge in [0.2, 0.25) is 0 Å². The molecule has 1 fully saturated rings. The van der Waals surface area contributed by atoms with E-state index in [1.165, 1.54) is 12.8 Å². The number of aromatic nitrogens is 1. The fourth-order valence-corrected chi connectivity index (χ4v) is 3.88. The Balaban J connectivity index is 1.66. The van der Waals surface area contributed by atoms with Gasteiger partial charge in [-0.1, -0.05) is 6.92 Å². The molecule has 27 heavy (non-hydrogen) atoms. The Morgan fingerprint density at radius 3 is 2.59 bits per heavy atom. The molecular formula is C22H28N2O3. The number of nitrogens with zero attached hydrogens (tertiary/aromatic N) is 2. The van der Waals surface area contributed by atoms with Crippen molar-refractivity contribution in [3.05, 3.63) is 41.2 Å². The number of carbonyl (C=O) groups is 1. The first-order valence-electron chi connectivity index (χ1n) is 9.96. The molecule has 2 heterocycles. The van der Waals surface area contributed by atoms with Crippen LogP contribution in [0.1, 0.15) is 47.9 Å². The van der Waals surface area contributed by atoms with Gasteiger partial charge in [-0.05, 0) is 57.2 Å². The smallest absolute Gasteiger partial charge is 0.255 e. The summed E-state index contributed by atoms with van der Waals surface area (Å²) >= 11 is 0. The highest BCUT2D eigenvalue weighted by Gasteiger charge is 2.28. The highest BCUT2D eigenvalue weighted by Crippen LogP contribution is 2.34. The van der Waals surface area contributed by atoms with E-state index in [2.05, 4.69) is 11.5 Å². The maximum absolute atomic E-state index is 13.2. The van der Waals surface area contributed by atoms with E-state index in [0.717, 1.165) is 53.6 Å². The summed E-state index contributed by atoms with van der Waals surface area (Å²) in [5.41, 5.74) is 3.83. The van der Waals surface area contributed by atoms with Gasteiger partial charge in [0.25, 0.3) is 5.91 Å². The molecule has 1 aromatic heterocycles. The van der Waals surface area contributed by atoms with Gasteiger partial charge in [0, 0.05) is 36.2 Å². The minimum Gasteiger partial charge on any atom is -0.486 e. The Labute approximate surface area is 160 Å². The van der Waals surface area contributed by atoms with Gasteiger partial charge in [-0.3, -0.25) is 4.79 Å². The summed E-state index contributed by atoms with van der Waals surface area (Å²) in [6.45, 7) is 9.07. The zero-order valence-corrected chi connectivity index (χ0v) is 16.5. The van der Waals surface area contributed by atoms with Gasteiger partial charge < -0.3 is 18.9 Å². The number of carbonyl (C=O) groups excluding carboxylic acids is 1. The van der Waals surface area contributed by atoms with Gasteiger partial charge in [0.1, 0.15) is 13.2 Å². The Kier molecular flexibility index (Phi) is 4.85. The molecule has 4 rings (SSSR count). The lowest BCUT2D eigenvalue weighted by atomic mass is 10.2. The van der Waals surface area contributed by atoms with Crippen molar-refractivity contribution in [1.29, 1.82) is 0 Å². The molecule has 0 bridgehead atoms. The first-order valence-corrected chi connectivity index (χ1v) is 9.96. The largest absolute Gasteiger partial charge is 0.486 e. The van der Waals surface area contributed by atoms with Gasteiger partial charge in [-0.25, -0.2) is 0 Å². The number of aryl methyl sites for hydroxylation is 1. The van der Waals surface area contributed by atoms with Crippen LogP contribution >= 0.6 is 0 Å². The number of rotatable bonds is 6. The number of amides is 1. The van der Waals surface area contributed by atoms with E-state index in [-0.39, 0.29) is 5.91 Å². The number of fused-ring (bicyclic) bond motifs is 1. The van der Waals surface area contributed by atoms with E-state index in [4.69, 9.17) is 9.47 Å². The summed E-state index contributed by atoms with van der Waals surface area (Å²) in [6.07, 6.45) is 3.49. The molecule has 1 aliphatic heterocycles. The lowest BCUT2D eigenvalue weighted by Crippen LogP contribution is -2.33. The normalized spacial score (nSPS) is 15.7. The summed E-state index contributed by atoms with van der Waals surface area (Å²) < 4.78 is 13.5. The fraction of sp³-hybridized carbons (Fsp3) is 0.500. The van der Waals surface area contributed by atoms with Crippen molar-refractivity contribution in [3.63, 3.8) is 0 Å². The molecular weight excluding hydrogens is 340 g/mol. The molecule has 1 aliphatic carbocycles. The monoisotopic (exact) mass is 368 g/mol. The second kappa shape index (κ2) is 7.29. The summed E-state index contributed by atoms with van der Waals surface area (Å²) in [5, 5.41) is 0. The number of ether oxygens (including phenoxy) is 2. The average molecular weight is 368 g/mol. The van der Waals surface area contributed by atoms with Crippen LogP contribution in [0, 0.1) is 19.8 Å². The second-order valence-electron chi connectivity index (χ2n) is 7.64. The van der Waals surface area contributed by atoms with E-state index in [1.54, 1.807) is 0 Å². The summed E-state index contributed by atoms with van der Waals surface area (Å²) in [5.74, 6) is 2.39. The van der Waals surface area contributed by atoms with Crippen LogP contribution in [-0.4, -0.2) is 41.7 Å². The molecule has 1 amide bonds. The third-order valence-electron chi connectivity index (χ3n) is 5.40. The van der Waals surface area contributed by atoms with Crippen molar-refractivity contribution in [1.82, 2.24) is 9.47 Å². The third kappa shape index (κ3) is 3.55. The minimum atomic E-state index is 0.153. The summed E-state index contributed by atoms with van der Waals surface area (Å²) in [4.78, 5) is 15.3.